The Morgan fingerprint density at radius 3 is 2.28 bits per heavy atom. The van der Waals surface area contributed by atoms with Crippen LogP contribution in [0.4, 0.5) is 0 Å². The molecular formula is C18H28. The van der Waals surface area contributed by atoms with E-state index in [9.17, 15) is 0 Å². The van der Waals surface area contributed by atoms with Crippen molar-refractivity contribution < 1.29 is 0 Å². The standard InChI is InChI=1S/C18H28/c1-15(2)18(3)12-7-6-10-16-8-4-5-9-17(14-16)11-13-18/h4-5,8-9,15H,6-7,10-14H2,1-3H3. The van der Waals surface area contributed by atoms with Gasteiger partial charge in [-0.3, -0.25) is 0 Å². The summed E-state index contributed by atoms with van der Waals surface area (Å²) in [4.78, 5) is 0. The largest absolute Gasteiger partial charge is 0.0662 e. The van der Waals surface area contributed by atoms with Gasteiger partial charge in [0, 0.05) is 0 Å². The van der Waals surface area contributed by atoms with Crippen LogP contribution in [0.3, 0.4) is 0 Å². The van der Waals surface area contributed by atoms with Crippen molar-refractivity contribution in [3.63, 3.8) is 0 Å². The molecule has 0 heterocycles. The van der Waals surface area contributed by atoms with E-state index >= 15 is 0 Å². The van der Waals surface area contributed by atoms with E-state index in [1.807, 2.05) is 0 Å². The lowest BCUT2D eigenvalue weighted by molar-refractivity contribution is 0.174. The first kappa shape index (κ1) is 13.6. The topological polar surface area (TPSA) is 0 Å². The molecule has 0 spiro atoms. The highest BCUT2D eigenvalue weighted by Gasteiger charge is 2.28. The van der Waals surface area contributed by atoms with Crippen LogP contribution in [-0.2, 0) is 0 Å². The minimum atomic E-state index is 0.540. The maximum absolute atomic E-state index is 2.50. The Morgan fingerprint density at radius 1 is 0.944 bits per heavy atom. The zero-order valence-electron chi connectivity index (χ0n) is 12.3. The summed E-state index contributed by atoms with van der Waals surface area (Å²) in [5.41, 5.74) is 3.82. The maximum Gasteiger partial charge on any atom is -0.0102 e. The fourth-order valence-corrected chi connectivity index (χ4v) is 3.17. The van der Waals surface area contributed by atoms with Gasteiger partial charge in [0.05, 0.1) is 0 Å². The predicted molar refractivity (Wildman–Crippen MR) is 80.6 cm³/mol. The first-order chi connectivity index (χ1) is 8.60. The van der Waals surface area contributed by atoms with Gasteiger partial charge in [-0.25, -0.2) is 0 Å². The first-order valence-electron chi connectivity index (χ1n) is 7.64. The van der Waals surface area contributed by atoms with Crippen LogP contribution in [0.2, 0.25) is 0 Å². The number of hydrogen-bond donors (Lipinski definition) is 0. The summed E-state index contributed by atoms with van der Waals surface area (Å²) in [6, 6.07) is 0. The van der Waals surface area contributed by atoms with Crippen LogP contribution in [0.25, 0.3) is 0 Å². The van der Waals surface area contributed by atoms with E-state index in [0.717, 1.165) is 5.92 Å². The fraction of sp³-hybridized carbons (Fsp3) is 0.667. The van der Waals surface area contributed by atoms with Crippen LogP contribution in [-0.4, -0.2) is 0 Å². The Labute approximate surface area is 113 Å². The van der Waals surface area contributed by atoms with Gasteiger partial charge in [0.25, 0.3) is 0 Å². The average Bonchev–Trinajstić information content (AvgIpc) is 2.56. The van der Waals surface area contributed by atoms with Gasteiger partial charge in [-0.2, -0.15) is 0 Å². The van der Waals surface area contributed by atoms with Gasteiger partial charge >= 0.3 is 0 Å². The predicted octanol–water partition coefficient (Wildman–Crippen LogP) is 5.82. The molecular weight excluding hydrogens is 216 g/mol. The zero-order chi connectivity index (χ0) is 13.0. The second-order valence-electron chi connectivity index (χ2n) is 6.73. The second kappa shape index (κ2) is 5.91. The van der Waals surface area contributed by atoms with Crippen LogP contribution in [0.1, 0.15) is 65.7 Å². The first-order valence-corrected chi connectivity index (χ1v) is 7.64. The van der Waals surface area contributed by atoms with Gasteiger partial charge < -0.3 is 0 Å². The minimum Gasteiger partial charge on any atom is -0.0662 e. The van der Waals surface area contributed by atoms with Gasteiger partial charge in [0.2, 0.25) is 0 Å². The summed E-state index contributed by atoms with van der Waals surface area (Å²) >= 11 is 0. The number of rotatable bonds is 1. The smallest absolute Gasteiger partial charge is 0.0102 e. The molecule has 0 heteroatoms. The lowest BCUT2D eigenvalue weighted by Gasteiger charge is -2.35. The van der Waals surface area contributed by atoms with Crippen molar-refractivity contribution in [3.05, 3.63) is 35.5 Å². The van der Waals surface area contributed by atoms with Crippen LogP contribution < -0.4 is 0 Å². The molecule has 1 atom stereocenters. The summed E-state index contributed by atoms with van der Waals surface area (Å²) in [6.07, 6.45) is 18.5. The van der Waals surface area contributed by atoms with Crippen LogP contribution in [0, 0.1) is 11.3 Å². The summed E-state index contributed by atoms with van der Waals surface area (Å²) < 4.78 is 0. The van der Waals surface area contributed by atoms with E-state index in [4.69, 9.17) is 0 Å². The van der Waals surface area contributed by atoms with Gasteiger partial charge in [-0.1, -0.05) is 62.6 Å². The summed E-state index contributed by atoms with van der Waals surface area (Å²) in [5, 5.41) is 0. The highest BCUT2D eigenvalue weighted by atomic mass is 14.3. The molecule has 18 heavy (non-hydrogen) atoms. The van der Waals surface area contributed by atoms with Crippen molar-refractivity contribution in [1.82, 2.24) is 0 Å². The Hall–Kier alpha value is -0.780. The maximum atomic E-state index is 2.50. The van der Waals surface area contributed by atoms with E-state index in [-0.39, 0.29) is 0 Å². The molecule has 100 valence electrons. The van der Waals surface area contributed by atoms with Gasteiger partial charge in [-0.05, 0) is 49.9 Å². The van der Waals surface area contributed by atoms with Crippen molar-refractivity contribution in [3.8, 4) is 0 Å². The van der Waals surface area contributed by atoms with E-state index < -0.39 is 0 Å². The Bertz CT molecular complexity index is 367. The third-order valence-corrected chi connectivity index (χ3v) is 5.14. The molecule has 1 fully saturated rings. The minimum absolute atomic E-state index is 0.540. The number of hydrogen-bond acceptors (Lipinski definition) is 0. The zero-order valence-corrected chi connectivity index (χ0v) is 12.3. The van der Waals surface area contributed by atoms with E-state index in [0.29, 0.717) is 5.41 Å². The van der Waals surface area contributed by atoms with Gasteiger partial charge in [0.15, 0.2) is 0 Å². The van der Waals surface area contributed by atoms with Crippen LogP contribution >= 0.6 is 0 Å². The van der Waals surface area contributed by atoms with Gasteiger partial charge in [-0.15, -0.1) is 0 Å². The molecule has 2 aliphatic rings. The molecule has 2 rings (SSSR count). The number of allylic oxidation sites excluding steroid dienone is 6. The number of fused-ring (bicyclic) bond motifs is 2. The monoisotopic (exact) mass is 244 g/mol. The molecule has 0 amide bonds. The van der Waals surface area contributed by atoms with Crippen molar-refractivity contribution >= 4 is 0 Å². The molecule has 0 radical (unpaired) electrons. The lowest BCUT2D eigenvalue weighted by Crippen LogP contribution is -2.24. The molecule has 0 N–H and O–H groups in total. The van der Waals surface area contributed by atoms with Gasteiger partial charge in [0.1, 0.15) is 0 Å². The third-order valence-electron chi connectivity index (χ3n) is 5.14. The molecule has 0 aromatic heterocycles. The molecule has 0 nitrogen and oxygen atoms in total. The molecule has 1 unspecified atom stereocenters. The molecule has 2 bridgehead atoms. The molecule has 0 aliphatic heterocycles. The molecule has 0 saturated heterocycles. The summed E-state index contributed by atoms with van der Waals surface area (Å²) in [7, 11) is 0. The SMILES string of the molecule is CC(C)C1(C)CCCCC2=CC=CC=C(CC1)C2. The van der Waals surface area contributed by atoms with Crippen molar-refractivity contribution in [2.45, 2.75) is 65.7 Å². The quantitative estimate of drug-likeness (QED) is 0.545. The van der Waals surface area contributed by atoms with Crippen LogP contribution in [0.5, 0.6) is 0 Å². The molecule has 0 aromatic rings. The summed E-state index contributed by atoms with van der Waals surface area (Å²) in [6.45, 7) is 7.31. The second-order valence-corrected chi connectivity index (χ2v) is 6.73. The Kier molecular flexibility index (Phi) is 4.48. The van der Waals surface area contributed by atoms with E-state index in [1.54, 1.807) is 11.1 Å². The Balaban J connectivity index is 2.13. The highest BCUT2D eigenvalue weighted by Crippen LogP contribution is 2.40. The molecule has 1 saturated carbocycles. The summed E-state index contributed by atoms with van der Waals surface area (Å²) in [5.74, 6) is 0.800. The van der Waals surface area contributed by atoms with Crippen molar-refractivity contribution in [2.75, 3.05) is 0 Å². The van der Waals surface area contributed by atoms with Crippen molar-refractivity contribution in [2.24, 2.45) is 11.3 Å². The van der Waals surface area contributed by atoms with Crippen molar-refractivity contribution in [1.29, 1.82) is 0 Å². The molecule has 0 aromatic carbocycles. The highest BCUT2D eigenvalue weighted by molar-refractivity contribution is 5.29. The fourth-order valence-electron chi connectivity index (χ4n) is 3.17. The van der Waals surface area contributed by atoms with E-state index in [1.165, 1.54) is 44.9 Å². The van der Waals surface area contributed by atoms with E-state index in [2.05, 4.69) is 45.1 Å². The average molecular weight is 244 g/mol. The van der Waals surface area contributed by atoms with Crippen LogP contribution in [0.15, 0.2) is 35.5 Å². The lowest BCUT2D eigenvalue weighted by atomic mass is 9.70. The third kappa shape index (κ3) is 3.37. The molecule has 2 aliphatic carbocycles. The normalized spacial score (nSPS) is 29.6. The Morgan fingerprint density at radius 2 is 1.61 bits per heavy atom.